The second kappa shape index (κ2) is 7.29. The van der Waals surface area contributed by atoms with Gasteiger partial charge in [0.25, 0.3) is 0 Å². The highest BCUT2D eigenvalue weighted by molar-refractivity contribution is 5.15. The largest absolute Gasteiger partial charge is 0.269 e. The van der Waals surface area contributed by atoms with Gasteiger partial charge < -0.3 is 0 Å². The van der Waals surface area contributed by atoms with Gasteiger partial charge in [-0.05, 0) is 111 Å². The summed E-state index contributed by atoms with van der Waals surface area (Å²) in [6.45, 7) is 7.92. The van der Waals surface area contributed by atoms with Crippen LogP contribution in [0.3, 0.4) is 0 Å². The first-order valence-electron chi connectivity index (χ1n) is 11.8. The van der Waals surface area contributed by atoms with E-state index >= 15 is 0 Å². The minimum absolute atomic E-state index is 0.0853. The molecule has 0 radical (unpaired) electrons. The number of allylic oxidation sites excluding steroid dienone is 1. The van der Waals surface area contributed by atoms with Gasteiger partial charge in [0.05, 0.1) is 13.2 Å². The van der Waals surface area contributed by atoms with Crippen molar-refractivity contribution < 1.29 is 4.39 Å². The Labute approximate surface area is 170 Å². The third kappa shape index (κ3) is 2.99. The molecule has 1 heterocycles. The minimum atomic E-state index is -0.0853. The zero-order chi connectivity index (χ0) is 19.3. The van der Waals surface area contributed by atoms with Crippen molar-refractivity contribution in [3.8, 4) is 0 Å². The molecular formula is C25H37FN2. The molecule has 4 saturated carbocycles. The Morgan fingerprint density at radius 2 is 1.96 bits per heavy atom. The summed E-state index contributed by atoms with van der Waals surface area (Å²) in [5.41, 5.74) is 1.83. The van der Waals surface area contributed by atoms with E-state index in [1.54, 1.807) is 0 Å². The van der Waals surface area contributed by atoms with E-state index in [9.17, 15) is 4.39 Å². The van der Waals surface area contributed by atoms with Gasteiger partial charge >= 0.3 is 0 Å². The van der Waals surface area contributed by atoms with Crippen LogP contribution in [0.1, 0.15) is 64.7 Å². The van der Waals surface area contributed by atoms with Crippen LogP contribution in [0.4, 0.5) is 4.39 Å². The third-order valence-electron chi connectivity index (χ3n) is 9.70. The molecule has 4 aliphatic rings. The number of halogens is 1. The first-order chi connectivity index (χ1) is 13.6. The smallest absolute Gasteiger partial charge is 0.0922 e. The van der Waals surface area contributed by atoms with Gasteiger partial charge in [-0.3, -0.25) is 9.07 Å². The molecule has 28 heavy (non-hydrogen) atoms. The SMILES string of the molecule is C=C(Cn1cccn1)C1CCC2C3CCC4CC(CF)CCC4C3CCC12C. The molecule has 0 amide bonds. The summed E-state index contributed by atoms with van der Waals surface area (Å²) in [6.07, 6.45) is 15.8. The predicted molar refractivity (Wildman–Crippen MR) is 111 cm³/mol. The number of rotatable bonds is 4. The normalized spacial score (nSPS) is 45.1. The van der Waals surface area contributed by atoms with Crippen LogP contribution in [0.15, 0.2) is 30.6 Å². The molecule has 0 aliphatic heterocycles. The fourth-order valence-electron chi connectivity index (χ4n) is 8.47. The Bertz CT molecular complexity index is 697. The topological polar surface area (TPSA) is 17.8 Å². The van der Waals surface area contributed by atoms with Gasteiger partial charge in [-0.1, -0.05) is 19.1 Å². The maximum absolute atomic E-state index is 13.2. The van der Waals surface area contributed by atoms with E-state index in [0.29, 0.717) is 17.3 Å². The van der Waals surface area contributed by atoms with Crippen molar-refractivity contribution in [2.45, 2.75) is 71.3 Å². The van der Waals surface area contributed by atoms with Crippen LogP contribution in [0.2, 0.25) is 0 Å². The summed E-state index contributed by atoms with van der Waals surface area (Å²) in [7, 11) is 0. The Balaban J connectivity index is 1.31. The van der Waals surface area contributed by atoms with E-state index in [0.717, 1.165) is 42.6 Å². The lowest BCUT2D eigenvalue weighted by molar-refractivity contribution is -0.0658. The Morgan fingerprint density at radius 3 is 2.75 bits per heavy atom. The molecule has 1 aromatic heterocycles. The van der Waals surface area contributed by atoms with E-state index in [1.165, 1.54) is 56.9 Å². The van der Waals surface area contributed by atoms with Crippen molar-refractivity contribution in [1.29, 1.82) is 0 Å². The molecule has 0 spiro atoms. The molecule has 4 aliphatic carbocycles. The molecule has 0 N–H and O–H groups in total. The zero-order valence-corrected chi connectivity index (χ0v) is 17.5. The number of hydrogen-bond acceptors (Lipinski definition) is 1. The van der Waals surface area contributed by atoms with Crippen molar-refractivity contribution in [2.24, 2.45) is 46.8 Å². The van der Waals surface area contributed by atoms with Crippen molar-refractivity contribution in [1.82, 2.24) is 9.78 Å². The Morgan fingerprint density at radius 1 is 1.11 bits per heavy atom. The van der Waals surface area contributed by atoms with Crippen LogP contribution in [-0.4, -0.2) is 16.5 Å². The van der Waals surface area contributed by atoms with Gasteiger partial charge in [-0.2, -0.15) is 5.10 Å². The Kier molecular flexibility index (Phi) is 4.92. The first-order valence-corrected chi connectivity index (χ1v) is 11.8. The lowest BCUT2D eigenvalue weighted by atomic mass is 9.49. The summed E-state index contributed by atoms with van der Waals surface area (Å²) >= 11 is 0. The summed E-state index contributed by atoms with van der Waals surface area (Å²) < 4.78 is 15.3. The van der Waals surface area contributed by atoms with Gasteiger partial charge in [0.15, 0.2) is 0 Å². The minimum Gasteiger partial charge on any atom is -0.269 e. The fourth-order valence-corrected chi connectivity index (χ4v) is 8.47. The average molecular weight is 385 g/mol. The van der Waals surface area contributed by atoms with E-state index in [4.69, 9.17) is 0 Å². The lowest BCUT2D eigenvalue weighted by Gasteiger charge is -2.56. The van der Waals surface area contributed by atoms with Crippen molar-refractivity contribution in [3.05, 3.63) is 30.6 Å². The van der Waals surface area contributed by atoms with Crippen LogP contribution < -0.4 is 0 Å². The van der Waals surface area contributed by atoms with Crippen LogP contribution >= 0.6 is 0 Å². The van der Waals surface area contributed by atoms with Gasteiger partial charge in [0.2, 0.25) is 0 Å². The molecule has 154 valence electrons. The summed E-state index contributed by atoms with van der Waals surface area (Å²) in [6, 6.07) is 2.01. The molecule has 8 unspecified atom stereocenters. The molecule has 4 fully saturated rings. The van der Waals surface area contributed by atoms with Crippen LogP contribution in [0.25, 0.3) is 0 Å². The molecule has 8 atom stereocenters. The van der Waals surface area contributed by atoms with Gasteiger partial charge in [-0.15, -0.1) is 0 Å². The highest BCUT2D eigenvalue weighted by atomic mass is 19.1. The highest BCUT2D eigenvalue weighted by Crippen LogP contribution is 2.65. The summed E-state index contributed by atoms with van der Waals surface area (Å²) in [4.78, 5) is 0. The lowest BCUT2D eigenvalue weighted by Crippen LogP contribution is -2.48. The maximum Gasteiger partial charge on any atom is 0.0922 e. The molecule has 2 nitrogen and oxygen atoms in total. The highest BCUT2D eigenvalue weighted by Gasteiger charge is 2.57. The van der Waals surface area contributed by atoms with Crippen molar-refractivity contribution in [2.75, 3.05) is 6.67 Å². The third-order valence-corrected chi connectivity index (χ3v) is 9.70. The maximum atomic E-state index is 13.2. The van der Waals surface area contributed by atoms with E-state index in [1.807, 2.05) is 16.9 Å². The summed E-state index contributed by atoms with van der Waals surface area (Å²) in [5, 5.41) is 4.41. The van der Waals surface area contributed by atoms with Crippen LogP contribution in [0.5, 0.6) is 0 Å². The first kappa shape index (κ1) is 18.9. The average Bonchev–Trinajstić information content (AvgIpc) is 3.34. The van der Waals surface area contributed by atoms with Gasteiger partial charge in [0.1, 0.15) is 0 Å². The number of hydrogen-bond donors (Lipinski definition) is 0. The second-order valence-electron chi connectivity index (χ2n) is 10.8. The number of alkyl halides is 1. The van der Waals surface area contributed by atoms with Crippen LogP contribution in [-0.2, 0) is 6.54 Å². The molecule has 0 bridgehead atoms. The van der Waals surface area contributed by atoms with E-state index < -0.39 is 0 Å². The molecule has 1 aromatic rings. The monoisotopic (exact) mass is 384 g/mol. The Hall–Kier alpha value is -1.12. The van der Waals surface area contributed by atoms with Crippen molar-refractivity contribution >= 4 is 0 Å². The van der Waals surface area contributed by atoms with Crippen molar-refractivity contribution in [3.63, 3.8) is 0 Å². The van der Waals surface area contributed by atoms with Gasteiger partial charge in [-0.25, -0.2) is 0 Å². The molecule has 0 saturated heterocycles. The second-order valence-corrected chi connectivity index (χ2v) is 10.8. The van der Waals surface area contributed by atoms with E-state index in [-0.39, 0.29) is 6.67 Å². The summed E-state index contributed by atoms with van der Waals surface area (Å²) in [5.74, 6) is 5.48. The van der Waals surface area contributed by atoms with Crippen LogP contribution in [0, 0.1) is 46.8 Å². The zero-order valence-electron chi connectivity index (χ0n) is 17.5. The standard InChI is InChI=1S/C25H37FN2/c1-17(16-28-13-3-12-27-28)23-8-9-24-22-7-5-19-14-18(15-26)4-6-20(19)21(22)10-11-25(23,24)2/h3,12-13,18-24H,1,4-11,14-16H2,2H3. The number of fused-ring (bicyclic) bond motifs is 5. The molecule has 0 aromatic carbocycles. The number of nitrogens with zero attached hydrogens (tertiary/aromatic N) is 2. The van der Waals surface area contributed by atoms with Gasteiger partial charge in [0, 0.05) is 12.4 Å². The number of aromatic nitrogens is 2. The quantitative estimate of drug-likeness (QED) is 0.558. The van der Waals surface area contributed by atoms with E-state index in [2.05, 4.69) is 24.8 Å². The molecular weight excluding hydrogens is 347 g/mol. The molecule has 5 rings (SSSR count). The predicted octanol–water partition coefficient (Wildman–Crippen LogP) is 6.29. The fraction of sp³-hybridized carbons (Fsp3) is 0.800. The molecule has 3 heteroatoms.